The van der Waals surface area contributed by atoms with Crippen LogP contribution in [0.2, 0.25) is 0 Å². The zero-order chi connectivity index (χ0) is 15.6. The molecule has 0 unspecified atom stereocenters. The van der Waals surface area contributed by atoms with E-state index in [9.17, 15) is 9.18 Å². The fraction of sp³-hybridized carbons (Fsp3) is 0.0667. The molecule has 0 aliphatic heterocycles. The number of carbonyl (C=O) groups excluding carboxylic acids is 1. The van der Waals surface area contributed by atoms with Gasteiger partial charge in [-0.3, -0.25) is 4.79 Å². The number of nitrogens with two attached hydrogens (primary N) is 1. The second-order valence-electron chi connectivity index (χ2n) is 4.53. The van der Waals surface area contributed by atoms with E-state index in [-0.39, 0.29) is 16.6 Å². The van der Waals surface area contributed by atoms with Crippen molar-refractivity contribution in [2.75, 3.05) is 5.32 Å². The molecule has 2 aromatic rings. The van der Waals surface area contributed by atoms with Crippen LogP contribution in [0.25, 0.3) is 0 Å². The molecule has 0 aromatic heterocycles. The molecule has 3 nitrogen and oxygen atoms in total. The van der Waals surface area contributed by atoms with Gasteiger partial charge in [-0.25, -0.2) is 4.39 Å². The molecule has 0 saturated carbocycles. The Morgan fingerprint density at radius 1 is 1.24 bits per heavy atom. The molecule has 0 aliphatic rings. The number of nitrogens with one attached hydrogen (secondary N) is 1. The van der Waals surface area contributed by atoms with Gasteiger partial charge in [0.2, 0.25) is 0 Å². The summed E-state index contributed by atoms with van der Waals surface area (Å²) in [5, 5.41) is 2.53. The summed E-state index contributed by atoms with van der Waals surface area (Å²) in [7, 11) is 0. The lowest BCUT2D eigenvalue weighted by Gasteiger charge is -2.09. The number of hydrogen-bond acceptors (Lipinski definition) is 2. The van der Waals surface area contributed by atoms with Crippen LogP contribution >= 0.6 is 28.1 Å². The summed E-state index contributed by atoms with van der Waals surface area (Å²) < 4.78 is 14.7. The fourth-order valence-corrected chi connectivity index (χ4v) is 2.57. The lowest BCUT2D eigenvalue weighted by atomic mass is 10.1. The van der Waals surface area contributed by atoms with Crippen molar-refractivity contribution in [1.82, 2.24) is 0 Å². The highest BCUT2D eigenvalue weighted by molar-refractivity contribution is 9.10. The number of anilines is 1. The van der Waals surface area contributed by atoms with Crippen LogP contribution in [0.15, 0.2) is 40.9 Å². The number of thiocarbonyl (C=S) groups is 1. The summed E-state index contributed by atoms with van der Waals surface area (Å²) in [4.78, 5) is 12.2. The monoisotopic (exact) mass is 366 g/mol. The van der Waals surface area contributed by atoms with E-state index in [4.69, 9.17) is 18.0 Å². The van der Waals surface area contributed by atoms with E-state index in [0.29, 0.717) is 11.1 Å². The van der Waals surface area contributed by atoms with E-state index < -0.39 is 5.82 Å². The van der Waals surface area contributed by atoms with Crippen LogP contribution in [0.1, 0.15) is 21.5 Å². The zero-order valence-corrected chi connectivity index (χ0v) is 13.5. The smallest absolute Gasteiger partial charge is 0.255 e. The zero-order valence-electron chi connectivity index (χ0n) is 11.1. The standard InChI is InChI=1S/C15H12BrFN2OS/c1-8-4-10(6-11(16)5-8)15(20)19-13-3-2-9(14(18)21)7-12(13)17/h2-7H,1H3,(H2,18,21)(H,19,20). The summed E-state index contributed by atoms with van der Waals surface area (Å²) in [5.41, 5.74) is 7.30. The lowest BCUT2D eigenvalue weighted by molar-refractivity contribution is 0.102. The number of hydrogen-bond donors (Lipinski definition) is 2. The van der Waals surface area contributed by atoms with Crippen LogP contribution in [0, 0.1) is 12.7 Å². The average Bonchev–Trinajstić information content (AvgIpc) is 2.39. The van der Waals surface area contributed by atoms with E-state index in [1.807, 2.05) is 13.0 Å². The Morgan fingerprint density at radius 3 is 2.52 bits per heavy atom. The second-order valence-corrected chi connectivity index (χ2v) is 5.89. The van der Waals surface area contributed by atoms with Gasteiger partial charge in [0, 0.05) is 15.6 Å². The van der Waals surface area contributed by atoms with E-state index >= 15 is 0 Å². The van der Waals surface area contributed by atoms with Crippen molar-refractivity contribution in [2.45, 2.75) is 6.92 Å². The maximum absolute atomic E-state index is 13.9. The minimum absolute atomic E-state index is 0.0811. The van der Waals surface area contributed by atoms with Crippen LogP contribution in [0.4, 0.5) is 10.1 Å². The molecule has 2 rings (SSSR count). The highest BCUT2D eigenvalue weighted by atomic mass is 79.9. The Kier molecular flexibility index (Phi) is 4.69. The summed E-state index contributed by atoms with van der Waals surface area (Å²) in [6, 6.07) is 9.48. The summed E-state index contributed by atoms with van der Waals surface area (Å²) in [6.45, 7) is 1.87. The molecule has 21 heavy (non-hydrogen) atoms. The van der Waals surface area contributed by atoms with Crippen LogP contribution in [-0.4, -0.2) is 10.9 Å². The molecule has 0 fully saturated rings. The van der Waals surface area contributed by atoms with Crippen molar-refractivity contribution in [1.29, 1.82) is 0 Å². The molecule has 2 aromatic carbocycles. The van der Waals surface area contributed by atoms with Crippen molar-refractivity contribution in [3.05, 3.63) is 63.4 Å². The van der Waals surface area contributed by atoms with Gasteiger partial charge < -0.3 is 11.1 Å². The van der Waals surface area contributed by atoms with E-state index in [1.165, 1.54) is 12.1 Å². The maximum atomic E-state index is 13.9. The van der Waals surface area contributed by atoms with E-state index in [2.05, 4.69) is 21.2 Å². The molecule has 0 atom stereocenters. The van der Waals surface area contributed by atoms with Crippen molar-refractivity contribution >= 4 is 44.7 Å². The lowest BCUT2D eigenvalue weighted by Crippen LogP contribution is -2.14. The quantitative estimate of drug-likeness (QED) is 0.812. The molecule has 0 heterocycles. The third-order valence-electron chi connectivity index (χ3n) is 2.81. The number of aryl methyl sites for hydroxylation is 1. The predicted octanol–water partition coefficient (Wildman–Crippen LogP) is 3.78. The van der Waals surface area contributed by atoms with Crippen LogP contribution < -0.4 is 11.1 Å². The molecule has 0 bridgehead atoms. The molecule has 0 aliphatic carbocycles. The predicted molar refractivity (Wildman–Crippen MR) is 89.1 cm³/mol. The number of rotatable bonds is 3. The van der Waals surface area contributed by atoms with Gasteiger partial charge in [-0.15, -0.1) is 0 Å². The largest absolute Gasteiger partial charge is 0.389 e. The van der Waals surface area contributed by atoms with Gasteiger partial charge >= 0.3 is 0 Å². The Labute approximate surface area is 135 Å². The number of amides is 1. The van der Waals surface area contributed by atoms with Crippen molar-refractivity contribution < 1.29 is 9.18 Å². The first-order chi connectivity index (χ1) is 9.86. The molecular weight excluding hydrogens is 355 g/mol. The molecule has 108 valence electrons. The van der Waals surface area contributed by atoms with Gasteiger partial charge in [-0.1, -0.05) is 28.1 Å². The fourth-order valence-electron chi connectivity index (χ4n) is 1.83. The van der Waals surface area contributed by atoms with Crippen LogP contribution in [0.5, 0.6) is 0 Å². The molecule has 0 saturated heterocycles. The van der Waals surface area contributed by atoms with Gasteiger partial charge in [-0.05, 0) is 48.9 Å². The molecule has 0 radical (unpaired) electrons. The van der Waals surface area contributed by atoms with E-state index in [0.717, 1.165) is 10.0 Å². The Hall–Kier alpha value is -1.79. The Morgan fingerprint density at radius 2 is 1.95 bits per heavy atom. The molecular formula is C15H12BrFN2OS. The number of carbonyl (C=O) groups is 1. The molecule has 6 heteroatoms. The Balaban J connectivity index is 2.25. The van der Waals surface area contributed by atoms with Gasteiger partial charge in [-0.2, -0.15) is 0 Å². The SMILES string of the molecule is Cc1cc(Br)cc(C(=O)Nc2ccc(C(N)=S)cc2F)c1. The highest BCUT2D eigenvalue weighted by Crippen LogP contribution is 2.19. The number of halogens is 2. The van der Waals surface area contributed by atoms with E-state index in [1.54, 1.807) is 18.2 Å². The van der Waals surface area contributed by atoms with Crippen LogP contribution in [-0.2, 0) is 0 Å². The summed E-state index contributed by atoms with van der Waals surface area (Å²) >= 11 is 8.10. The van der Waals surface area contributed by atoms with Gasteiger partial charge in [0.25, 0.3) is 5.91 Å². The molecule has 3 N–H and O–H groups in total. The number of benzene rings is 2. The maximum Gasteiger partial charge on any atom is 0.255 e. The van der Waals surface area contributed by atoms with Crippen molar-refractivity contribution in [2.24, 2.45) is 5.73 Å². The normalized spacial score (nSPS) is 10.2. The minimum atomic E-state index is -0.583. The first-order valence-electron chi connectivity index (χ1n) is 6.04. The van der Waals surface area contributed by atoms with Crippen molar-refractivity contribution in [3.8, 4) is 0 Å². The van der Waals surface area contributed by atoms with Gasteiger partial charge in [0.1, 0.15) is 10.8 Å². The first kappa shape index (κ1) is 15.6. The third kappa shape index (κ3) is 3.86. The average molecular weight is 367 g/mol. The van der Waals surface area contributed by atoms with Crippen molar-refractivity contribution in [3.63, 3.8) is 0 Å². The minimum Gasteiger partial charge on any atom is -0.389 e. The second kappa shape index (κ2) is 6.32. The molecule has 0 spiro atoms. The topological polar surface area (TPSA) is 55.1 Å². The summed E-state index contributed by atoms with van der Waals surface area (Å²) in [6.07, 6.45) is 0. The third-order valence-corrected chi connectivity index (χ3v) is 3.50. The highest BCUT2D eigenvalue weighted by Gasteiger charge is 2.11. The Bertz CT molecular complexity index is 713. The summed E-state index contributed by atoms with van der Waals surface area (Å²) in [5.74, 6) is -0.971. The van der Waals surface area contributed by atoms with Gasteiger partial charge in [0.05, 0.1) is 5.69 Å². The van der Waals surface area contributed by atoms with Gasteiger partial charge in [0.15, 0.2) is 0 Å². The first-order valence-corrected chi connectivity index (χ1v) is 7.25. The van der Waals surface area contributed by atoms with Crippen LogP contribution in [0.3, 0.4) is 0 Å². The molecule has 1 amide bonds.